The van der Waals surface area contributed by atoms with E-state index in [0.717, 1.165) is 7.11 Å². The first-order chi connectivity index (χ1) is 15.2. The number of methoxy groups -OCH3 is 1. The predicted molar refractivity (Wildman–Crippen MR) is 121 cm³/mol. The second-order valence-electron chi connectivity index (χ2n) is 6.81. The minimum Gasteiger partial charge on any atom is -0.468 e. The molecule has 2 aromatic carbocycles. The second kappa shape index (κ2) is 9.80. The number of amides is 1. The van der Waals surface area contributed by atoms with Crippen LogP contribution in [0.4, 0.5) is 5.69 Å². The number of benzene rings is 2. The third-order valence-electron chi connectivity index (χ3n) is 4.79. The van der Waals surface area contributed by atoms with Crippen LogP contribution in [0.25, 0.3) is 11.0 Å². The Labute approximate surface area is 192 Å². The van der Waals surface area contributed by atoms with Gasteiger partial charge < -0.3 is 20.2 Å². The van der Waals surface area contributed by atoms with Crippen LogP contribution in [0.1, 0.15) is 11.3 Å². The minimum atomic E-state index is -1.40. The first-order valence-electron chi connectivity index (χ1n) is 9.29. The van der Waals surface area contributed by atoms with Crippen molar-refractivity contribution in [3.63, 3.8) is 0 Å². The molecule has 0 aliphatic rings. The summed E-state index contributed by atoms with van der Waals surface area (Å²) in [5, 5.41) is 15.9. The van der Waals surface area contributed by atoms with Gasteiger partial charge in [0, 0.05) is 22.2 Å². The Balaban J connectivity index is 1.95. The molecule has 32 heavy (non-hydrogen) atoms. The number of nitrogens with one attached hydrogen (secondary N) is 2. The molecule has 0 radical (unpaired) electrons. The van der Waals surface area contributed by atoms with Gasteiger partial charge in [-0.2, -0.15) is 0 Å². The average molecular weight is 477 g/mol. The maximum Gasteiger partial charge on any atom is 0.315 e. The summed E-state index contributed by atoms with van der Waals surface area (Å²) in [5.74, 6) is -3.15. The van der Waals surface area contributed by atoms with Crippen LogP contribution in [0, 0.1) is 12.8 Å². The summed E-state index contributed by atoms with van der Waals surface area (Å²) < 4.78 is 4.76. The van der Waals surface area contributed by atoms with Crippen LogP contribution in [-0.2, 0) is 20.7 Å². The zero-order chi connectivity index (χ0) is 23.4. The number of rotatable bonds is 6. The molecular weight excluding hydrogens is 459 g/mol. The van der Waals surface area contributed by atoms with Crippen molar-refractivity contribution in [2.45, 2.75) is 13.3 Å². The van der Waals surface area contributed by atoms with E-state index in [-0.39, 0.29) is 12.1 Å². The van der Waals surface area contributed by atoms with Gasteiger partial charge in [0.2, 0.25) is 0 Å². The lowest BCUT2D eigenvalue weighted by molar-refractivity contribution is -0.143. The number of fused-ring (bicyclic) bond motifs is 1. The van der Waals surface area contributed by atoms with E-state index in [4.69, 9.17) is 27.9 Å². The predicted octanol–water partition coefficient (Wildman–Crippen LogP) is 3.34. The Bertz CT molecular complexity index is 1290. The van der Waals surface area contributed by atoms with Gasteiger partial charge in [-0.1, -0.05) is 34.4 Å². The highest BCUT2D eigenvalue weighted by Crippen LogP contribution is 2.23. The Morgan fingerprint density at radius 1 is 1.28 bits per heavy atom. The van der Waals surface area contributed by atoms with E-state index in [0.29, 0.717) is 32.3 Å². The zero-order valence-corrected chi connectivity index (χ0v) is 18.5. The van der Waals surface area contributed by atoms with Crippen LogP contribution >= 0.6 is 23.2 Å². The molecule has 0 aliphatic carbocycles. The summed E-state index contributed by atoms with van der Waals surface area (Å²) in [4.78, 5) is 44.7. The van der Waals surface area contributed by atoms with Crippen molar-refractivity contribution < 1.29 is 19.5 Å². The maximum absolute atomic E-state index is 12.8. The summed E-state index contributed by atoms with van der Waals surface area (Å²) >= 11 is 12.0. The minimum absolute atomic E-state index is 0.0527. The van der Waals surface area contributed by atoms with Crippen molar-refractivity contribution in [1.29, 1.82) is 0 Å². The molecule has 0 spiro atoms. The molecule has 166 valence electrons. The van der Waals surface area contributed by atoms with E-state index in [1.807, 2.05) is 0 Å². The quantitative estimate of drug-likeness (QED) is 0.216. The number of nitrogens with zero attached hydrogens (tertiary/aromatic N) is 2. The Morgan fingerprint density at radius 3 is 2.72 bits per heavy atom. The topological polar surface area (TPSA) is 134 Å². The van der Waals surface area contributed by atoms with E-state index < -0.39 is 29.1 Å². The summed E-state index contributed by atoms with van der Waals surface area (Å²) in [6, 6.07) is 9.60. The van der Waals surface area contributed by atoms with Crippen LogP contribution in [0.5, 0.6) is 0 Å². The van der Waals surface area contributed by atoms with Crippen LogP contribution in [0.2, 0.25) is 10.0 Å². The summed E-state index contributed by atoms with van der Waals surface area (Å²) in [7, 11) is 1.11. The number of halogens is 2. The van der Waals surface area contributed by atoms with Crippen molar-refractivity contribution in [3.8, 4) is 0 Å². The van der Waals surface area contributed by atoms with E-state index in [1.165, 1.54) is 6.07 Å². The number of hydrogen-bond acceptors (Lipinski definition) is 7. The lowest BCUT2D eigenvalue weighted by Crippen LogP contribution is -2.38. The number of hydrogen-bond donors (Lipinski definition) is 3. The maximum atomic E-state index is 12.8. The van der Waals surface area contributed by atoms with E-state index in [1.54, 1.807) is 37.3 Å². The monoisotopic (exact) mass is 476 g/mol. The highest BCUT2D eigenvalue weighted by molar-refractivity contribution is 6.46. The largest absolute Gasteiger partial charge is 0.468 e. The van der Waals surface area contributed by atoms with Crippen molar-refractivity contribution in [2.24, 2.45) is 11.1 Å². The van der Waals surface area contributed by atoms with Crippen molar-refractivity contribution in [1.82, 2.24) is 9.97 Å². The standard InChI is InChI=1S/C21H18Cl2N4O5/c1-10-13(23)4-3-5-14(10)25-20(29)18(27-31)12(21(30)32-2)9-17-19(28)26-16-8-11(22)6-7-15(16)24-17/h3-8,12,31H,9H2,1-2H3,(H,25,29)(H,26,28)/b27-18+. The van der Waals surface area contributed by atoms with E-state index in [2.05, 4.69) is 20.4 Å². The summed E-state index contributed by atoms with van der Waals surface area (Å²) in [6.07, 6.45) is -0.345. The summed E-state index contributed by atoms with van der Waals surface area (Å²) in [6.45, 7) is 1.69. The van der Waals surface area contributed by atoms with Crippen molar-refractivity contribution >= 4 is 57.5 Å². The molecule has 9 nitrogen and oxygen atoms in total. The van der Waals surface area contributed by atoms with Crippen LogP contribution < -0.4 is 10.9 Å². The van der Waals surface area contributed by atoms with Gasteiger partial charge >= 0.3 is 5.97 Å². The van der Waals surface area contributed by atoms with Gasteiger partial charge in [0.15, 0.2) is 5.71 Å². The molecule has 1 aromatic heterocycles. The number of H-pyrrole nitrogens is 1. The normalized spacial score (nSPS) is 12.4. The third kappa shape index (κ3) is 4.90. The second-order valence-corrected chi connectivity index (χ2v) is 7.65. The molecule has 0 saturated carbocycles. The molecule has 3 aromatic rings. The fourth-order valence-electron chi connectivity index (χ4n) is 3.06. The number of aromatic amines is 1. The molecular formula is C21H18Cl2N4O5. The van der Waals surface area contributed by atoms with Gasteiger partial charge in [0.1, 0.15) is 11.6 Å². The number of ether oxygens (including phenoxy) is 1. The Morgan fingerprint density at radius 2 is 2.03 bits per heavy atom. The highest BCUT2D eigenvalue weighted by Gasteiger charge is 2.33. The zero-order valence-electron chi connectivity index (χ0n) is 17.0. The van der Waals surface area contributed by atoms with Crippen molar-refractivity contribution in [3.05, 3.63) is 68.1 Å². The van der Waals surface area contributed by atoms with Gasteiger partial charge in [-0.05, 0) is 42.8 Å². The molecule has 3 N–H and O–H groups in total. The van der Waals surface area contributed by atoms with Crippen LogP contribution in [0.3, 0.4) is 0 Å². The number of aromatic nitrogens is 2. The first kappa shape index (κ1) is 23.2. The Hall–Kier alpha value is -3.43. The molecule has 0 bridgehead atoms. The molecule has 0 saturated heterocycles. The van der Waals surface area contributed by atoms with Crippen LogP contribution in [-0.4, -0.2) is 39.9 Å². The molecule has 11 heteroatoms. The number of carbonyl (C=O) groups is 2. The molecule has 3 rings (SSSR count). The molecule has 1 unspecified atom stereocenters. The number of anilines is 1. The lowest BCUT2D eigenvalue weighted by Gasteiger charge is -2.16. The fraction of sp³-hybridized carbons (Fsp3) is 0.190. The summed E-state index contributed by atoms with van der Waals surface area (Å²) in [5.41, 5.74) is 0.598. The van der Waals surface area contributed by atoms with Gasteiger partial charge in [0.25, 0.3) is 11.5 Å². The fourth-order valence-corrected chi connectivity index (χ4v) is 3.41. The smallest absolute Gasteiger partial charge is 0.315 e. The van der Waals surface area contributed by atoms with Gasteiger partial charge in [-0.25, -0.2) is 4.98 Å². The van der Waals surface area contributed by atoms with Gasteiger partial charge in [0.05, 0.1) is 18.1 Å². The van der Waals surface area contributed by atoms with E-state index in [9.17, 15) is 19.6 Å². The van der Waals surface area contributed by atoms with Crippen LogP contribution in [0.15, 0.2) is 46.3 Å². The van der Waals surface area contributed by atoms with E-state index >= 15 is 0 Å². The number of oxime groups is 1. The molecule has 0 aliphatic heterocycles. The van der Waals surface area contributed by atoms with Crippen molar-refractivity contribution in [2.75, 3.05) is 12.4 Å². The average Bonchev–Trinajstić information content (AvgIpc) is 2.76. The SMILES string of the molecule is COC(=O)C(Cc1nc2ccc(Cl)cc2[nH]c1=O)/C(=N\O)C(=O)Nc1cccc(Cl)c1C. The molecule has 1 heterocycles. The Kier molecular flexibility index (Phi) is 7.12. The highest BCUT2D eigenvalue weighted by atomic mass is 35.5. The van der Waals surface area contributed by atoms with Gasteiger partial charge in [-0.15, -0.1) is 0 Å². The third-order valence-corrected chi connectivity index (χ3v) is 5.44. The lowest BCUT2D eigenvalue weighted by atomic mass is 9.96. The number of esters is 1. The number of carbonyl (C=O) groups excluding carboxylic acids is 2. The first-order valence-corrected chi connectivity index (χ1v) is 10.1. The molecule has 1 amide bonds. The van der Waals surface area contributed by atoms with Gasteiger partial charge in [-0.3, -0.25) is 14.4 Å². The molecule has 1 atom stereocenters. The molecule has 0 fully saturated rings.